The topological polar surface area (TPSA) is 32.3 Å². The van der Waals surface area contributed by atoms with Crippen molar-refractivity contribution in [1.29, 1.82) is 0 Å². The molecular formula is C14H19NO. The number of fused-ring (bicyclic) bond motifs is 1. The van der Waals surface area contributed by atoms with E-state index in [1.165, 1.54) is 24.8 Å². The maximum Gasteiger partial charge on any atom is 0.119 e. The lowest BCUT2D eigenvalue weighted by atomic mass is 10.1. The van der Waals surface area contributed by atoms with Gasteiger partial charge in [0.1, 0.15) is 5.75 Å². The summed E-state index contributed by atoms with van der Waals surface area (Å²) in [6, 6.07) is 6.37. The lowest BCUT2D eigenvalue weighted by molar-refractivity contribution is 0.469. The second-order valence-corrected chi connectivity index (χ2v) is 5.12. The average molecular weight is 217 g/mol. The quantitative estimate of drug-likeness (QED) is 0.812. The summed E-state index contributed by atoms with van der Waals surface area (Å²) >= 11 is 0. The van der Waals surface area contributed by atoms with Crippen molar-refractivity contribution in [3.8, 4) is 5.75 Å². The molecular weight excluding hydrogens is 198 g/mol. The number of hydrogen-bond acceptors (Lipinski definition) is 2. The third-order valence-corrected chi connectivity index (χ3v) is 3.89. The van der Waals surface area contributed by atoms with Crippen LogP contribution in [0.5, 0.6) is 5.75 Å². The highest BCUT2D eigenvalue weighted by molar-refractivity contribution is 5.44. The smallest absolute Gasteiger partial charge is 0.119 e. The van der Waals surface area contributed by atoms with E-state index in [1.807, 2.05) is 6.07 Å². The Balaban J connectivity index is 1.63. The van der Waals surface area contributed by atoms with Gasteiger partial charge in [0.15, 0.2) is 0 Å². The van der Waals surface area contributed by atoms with Crippen LogP contribution in [0.4, 0.5) is 0 Å². The number of hydrogen-bond donors (Lipinski definition) is 2. The van der Waals surface area contributed by atoms with Crippen molar-refractivity contribution in [1.82, 2.24) is 5.32 Å². The van der Waals surface area contributed by atoms with Crippen LogP contribution in [0.2, 0.25) is 0 Å². The van der Waals surface area contributed by atoms with Gasteiger partial charge in [0.25, 0.3) is 0 Å². The first kappa shape index (κ1) is 10.2. The maximum atomic E-state index is 9.74. The largest absolute Gasteiger partial charge is 0.508 e. The summed E-state index contributed by atoms with van der Waals surface area (Å²) in [6.45, 7) is 1.13. The van der Waals surface area contributed by atoms with Gasteiger partial charge in [-0.2, -0.15) is 0 Å². The highest BCUT2D eigenvalue weighted by atomic mass is 16.3. The fourth-order valence-corrected chi connectivity index (χ4v) is 2.72. The minimum atomic E-state index is 0.473. The number of phenolic OH excluding ortho intramolecular Hbond substituents is 1. The van der Waals surface area contributed by atoms with Gasteiger partial charge in [-0.1, -0.05) is 25.0 Å². The van der Waals surface area contributed by atoms with Gasteiger partial charge in [-0.3, -0.25) is 0 Å². The highest BCUT2D eigenvalue weighted by Crippen LogP contribution is 2.37. The molecule has 0 bridgehead atoms. The van der Waals surface area contributed by atoms with E-state index in [4.69, 9.17) is 0 Å². The number of benzene rings is 1. The van der Waals surface area contributed by atoms with Crippen LogP contribution >= 0.6 is 0 Å². The van der Waals surface area contributed by atoms with E-state index in [0.717, 1.165) is 30.9 Å². The van der Waals surface area contributed by atoms with E-state index in [-0.39, 0.29) is 0 Å². The van der Waals surface area contributed by atoms with Gasteiger partial charge in [-0.05, 0) is 48.9 Å². The Bertz CT molecular complexity index is 384. The van der Waals surface area contributed by atoms with Crippen molar-refractivity contribution >= 4 is 0 Å². The lowest BCUT2D eigenvalue weighted by Crippen LogP contribution is -2.20. The fraction of sp³-hybridized carbons (Fsp3) is 0.571. The molecule has 0 heterocycles. The van der Waals surface area contributed by atoms with E-state index in [2.05, 4.69) is 11.4 Å². The second-order valence-electron chi connectivity index (χ2n) is 5.12. The van der Waals surface area contributed by atoms with E-state index in [9.17, 15) is 5.11 Å². The van der Waals surface area contributed by atoms with Gasteiger partial charge < -0.3 is 10.4 Å². The fourth-order valence-electron chi connectivity index (χ4n) is 2.72. The first-order valence-electron chi connectivity index (χ1n) is 6.39. The molecule has 1 aromatic rings. The lowest BCUT2D eigenvalue weighted by Gasteiger charge is -2.13. The van der Waals surface area contributed by atoms with E-state index in [0.29, 0.717) is 11.8 Å². The molecule has 86 valence electrons. The third kappa shape index (κ3) is 1.94. The van der Waals surface area contributed by atoms with Crippen molar-refractivity contribution in [2.75, 3.05) is 6.54 Å². The summed E-state index contributed by atoms with van der Waals surface area (Å²) in [5.74, 6) is 1.47. The summed E-state index contributed by atoms with van der Waals surface area (Å²) in [4.78, 5) is 0. The minimum absolute atomic E-state index is 0.473. The van der Waals surface area contributed by atoms with Gasteiger partial charge in [-0.25, -0.2) is 0 Å². The Hall–Kier alpha value is -1.02. The summed E-state index contributed by atoms with van der Waals surface area (Å²) in [6.07, 6.45) is 6.35. The predicted octanol–water partition coefficient (Wildman–Crippen LogP) is 2.77. The van der Waals surface area contributed by atoms with Crippen molar-refractivity contribution < 1.29 is 5.11 Å². The predicted molar refractivity (Wildman–Crippen MR) is 64.5 cm³/mol. The van der Waals surface area contributed by atoms with Crippen molar-refractivity contribution in [2.24, 2.45) is 5.92 Å². The molecule has 2 N–H and O–H groups in total. The summed E-state index contributed by atoms with van der Waals surface area (Å²) in [5, 5.41) is 13.4. The van der Waals surface area contributed by atoms with Crippen LogP contribution in [0.3, 0.4) is 0 Å². The maximum absolute atomic E-state index is 9.74. The number of nitrogens with one attached hydrogen (secondary N) is 1. The first-order chi connectivity index (χ1) is 7.84. The molecule has 0 aliphatic heterocycles. The van der Waals surface area contributed by atoms with E-state index < -0.39 is 0 Å². The zero-order chi connectivity index (χ0) is 11.0. The molecule has 0 radical (unpaired) electrons. The van der Waals surface area contributed by atoms with E-state index >= 15 is 0 Å². The molecule has 0 amide bonds. The number of aromatic hydroxyl groups is 1. The van der Waals surface area contributed by atoms with Crippen molar-refractivity contribution in [2.45, 2.75) is 38.1 Å². The Labute approximate surface area is 96.7 Å². The first-order valence-corrected chi connectivity index (χ1v) is 6.39. The molecule has 1 fully saturated rings. The van der Waals surface area contributed by atoms with Crippen LogP contribution < -0.4 is 5.32 Å². The van der Waals surface area contributed by atoms with Gasteiger partial charge >= 0.3 is 0 Å². The van der Waals surface area contributed by atoms with Gasteiger partial charge in [0.05, 0.1) is 0 Å². The van der Waals surface area contributed by atoms with Crippen LogP contribution in [-0.4, -0.2) is 11.7 Å². The molecule has 2 aliphatic rings. The molecule has 3 rings (SSSR count). The van der Waals surface area contributed by atoms with Crippen molar-refractivity contribution in [3.05, 3.63) is 29.3 Å². The third-order valence-electron chi connectivity index (χ3n) is 3.89. The number of phenols is 1. The molecule has 2 heteroatoms. The Morgan fingerprint density at radius 3 is 2.94 bits per heavy atom. The Morgan fingerprint density at radius 2 is 2.12 bits per heavy atom. The van der Waals surface area contributed by atoms with Gasteiger partial charge in [-0.15, -0.1) is 0 Å². The normalized spacial score (nSPS) is 23.4. The van der Waals surface area contributed by atoms with Gasteiger partial charge in [0, 0.05) is 6.04 Å². The molecule has 1 saturated carbocycles. The zero-order valence-electron chi connectivity index (χ0n) is 9.58. The summed E-state index contributed by atoms with van der Waals surface area (Å²) in [5.41, 5.74) is 2.47. The van der Waals surface area contributed by atoms with Crippen LogP contribution in [0, 0.1) is 5.92 Å². The molecule has 0 aromatic heterocycles. The van der Waals surface area contributed by atoms with Crippen LogP contribution in [0.1, 0.15) is 42.9 Å². The molecule has 0 saturated heterocycles. The van der Waals surface area contributed by atoms with Gasteiger partial charge in [0.2, 0.25) is 0 Å². The molecule has 1 atom stereocenters. The van der Waals surface area contributed by atoms with Crippen LogP contribution in [-0.2, 0) is 6.42 Å². The van der Waals surface area contributed by atoms with Crippen LogP contribution in [0.15, 0.2) is 18.2 Å². The second kappa shape index (κ2) is 4.10. The molecule has 2 nitrogen and oxygen atoms in total. The zero-order valence-corrected chi connectivity index (χ0v) is 9.58. The summed E-state index contributed by atoms with van der Waals surface area (Å²) < 4.78 is 0. The Morgan fingerprint density at radius 1 is 1.25 bits per heavy atom. The molecule has 2 aliphatic carbocycles. The number of rotatable bonds is 4. The molecule has 1 aromatic carbocycles. The van der Waals surface area contributed by atoms with Crippen LogP contribution in [0.25, 0.3) is 0 Å². The minimum Gasteiger partial charge on any atom is -0.508 e. The molecule has 1 unspecified atom stereocenters. The highest BCUT2D eigenvalue weighted by Gasteiger charge is 2.25. The molecule has 0 spiro atoms. The van der Waals surface area contributed by atoms with E-state index in [1.54, 1.807) is 6.07 Å². The Kier molecular flexibility index (Phi) is 2.60. The summed E-state index contributed by atoms with van der Waals surface area (Å²) in [7, 11) is 0. The van der Waals surface area contributed by atoms with Crippen molar-refractivity contribution in [3.63, 3.8) is 0 Å². The SMILES string of the molecule is Oc1cccc2c1CCC2NCCC1CC1. The standard InChI is InChI=1S/C14H19NO/c16-14-3-1-2-11-12(14)6-7-13(11)15-9-8-10-4-5-10/h1-3,10,13,15-16H,4-9H2. The monoisotopic (exact) mass is 217 g/mol. The average Bonchev–Trinajstić information content (AvgIpc) is 3.00. The molecule has 16 heavy (non-hydrogen) atoms.